The van der Waals surface area contributed by atoms with Crippen molar-refractivity contribution in [2.45, 2.75) is 19.4 Å². The number of hydrogen-bond acceptors (Lipinski definition) is 4. The molecule has 0 bridgehead atoms. The molecule has 0 radical (unpaired) electrons. The fraction of sp³-hybridized carbons (Fsp3) is 0.333. The van der Waals surface area contributed by atoms with Crippen molar-refractivity contribution in [2.24, 2.45) is 7.05 Å². The molecule has 0 saturated heterocycles. The molecule has 0 aliphatic carbocycles. The lowest BCUT2D eigenvalue weighted by molar-refractivity contribution is 0.177. The van der Waals surface area contributed by atoms with E-state index in [0.717, 1.165) is 16.8 Å². The maximum Gasteiger partial charge on any atom is 0.123 e. The minimum Gasteiger partial charge on any atom is -0.388 e. The van der Waals surface area contributed by atoms with Crippen LogP contribution in [0.25, 0.3) is 0 Å². The number of nitrogen functional groups attached to an aromatic ring is 1. The first-order chi connectivity index (χ1) is 8.06. The molecule has 2 heterocycles. The molecule has 0 amide bonds. The lowest BCUT2D eigenvalue weighted by Crippen LogP contribution is -2.03. The molecule has 1 unspecified atom stereocenters. The Balaban J connectivity index is 2.16. The van der Waals surface area contributed by atoms with E-state index < -0.39 is 6.10 Å². The second kappa shape index (κ2) is 4.55. The van der Waals surface area contributed by atoms with Gasteiger partial charge in [0, 0.05) is 31.4 Å². The summed E-state index contributed by atoms with van der Waals surface area (Å²) in [5.74, 6) is 0.470. The van der Waals surface area contributed by atoms with Gasteiger partial charge in [0.1, 0.15) is 5.82 Å². The number of rotatable bonds is 3. The molecule has 0 aliphatic rings. The summed E-state index contributed by atoms with van der Waals surface area (Å²) < 4.78 is 1.70. The Morgan fingerprint density at radius 2 is 2.29 bits per heavy atom. The summed E-state index contributed by atoms with van der Waals surface area (Å²) in [6, 6.07) is 3.63. The maximum absolute atomic E-state index is 10.1. The second-order valence-electron chi connectivity index (χ2n) is 4.15. The smallest absolute Gasteiger partial charge is 0.123 e. The SMILES string of the molecule is Cc1nn(C)cc1C(O)Cc1ccnc(N)c1. The first kappa shape index (κ1) is 11.6. The zero-order chi connectivity index (χ0) is 12.4. The summed E-state index contributed by atoms with van der Waals surface area (Å²) in [5, 5.41) is 14.4. The standard InChI is InChI=1S/C12H16N4O/c1-8-10(7-16(2)15-8)11(17)5-9-3-4-14-12(13)6-9/h3-4,6-7,11,17H,5H2,1-2H3,(H2,13,14). The molecule has 0 spiro atoms. The third-order valence-corrected chi connectivity index (χ3v) is 2.68. The zero-order valence-electron chi connectivity index (χ0n) is 9.96. The van der Waals surface area contributed by atoms with E-state index in [1.165, 1.54) is 0 Å². The highest BCUT2D eigenvalue weighted by Gasteiger charge is 2.14. The molecule has 90 valence electrons. The van der Waals surface area contributed by atoms with Crippen LogP contribution in [0.4, 0.5) is 5.82 Å². The predicted octanol–water partition coefficient (Wildman–Crippen LogP) is 0.982. The Morgan fingerprint density at radius 1 is 1.53 bits per heavy atom. The lowest BCUT2D eigenvalue weighted by atomic mass is 10.0. The molecular formula is C12H16N4O. The molecule has 0 fully saturated rings. The Hall–Kier alpha value is -1.88. The van der Waals surface area contributed by atoms with Crippen molar-refractivity contribution < 1.29 is 5.11 Å². The van der Waals surface area contributed by atoms with Crippen LogP contribution in [-0.4, -0.2) is 19.9 Å². The quantitative estimate of drug-likeness (QED) is 0.827. The average Bonchev–Trinajstić information content (AvgIpc) is 2.58. The average molecular weight is 232 g/mol. The molecule has 17 heavy (non-hydrogen) atoms. The Kier molecular flexibility index (Phi) is 3.10. The van der Waals surface area contributed by atoms with Crippen LogP contribution in [0.5, 0.6) is 0 Å². The summed E-state index contributed by atoms with van der Waals surface area (Å²) in [7, 11) is 1.84. The Labute approximate surface area is 99.9 Å². The normalized spacial score (nSPS) is 12.6. The number of aliphatic hydroxyl groups is 1. The first-order valence-corrected chi connectivity index (χ1v) is 5.45. The van der Waals surface area contributed by atoms with Gasteiger partial charge in [-0.15, -0.1) is 0 Å². The van der Waals surface area contributed by atoms with Gasteiger partial charge in [0.15, 0.2) is 0 Å². The topological polar surface area (TPSA) is 77.0 Å². The number of hydrogen-bond donors (Lipinski definition) is 2. The first-order valence-electron chi connectivity index (χ1n) is 5.45. The van der Waals surface area contributed by atoms with Crippen LogP contribution in [-0.2, 0) is 13.5 Å². The number of aryl methyl sites for hydroxylation is 2. The van der Waals surface area contributed by atoms with Crippen molar-refractivity contribution in [2.75, 3.05) is 5.73 Å². The van der Waals surface area contributed by atoms with E-state index >= 15 is 0 Å². The van der Waals surface area contributed by atoms with E-state index in [0.29, 0.717) is 12.2 Å². The Morgan fingerprint density at radius 3 is 2.88 bits per heavy atom. The van der Waals surface area contributed by atoms with Gasteiger partial charge in [0.2, 0.25) is 0 Å². The summed E-state index contributed by atoms with van der Waals surface area (Å²) >= 11 is 0. The van der Waals surface area contributed by atoms with Crippen molar-refractivity contribution in [1.82, 2.24) is 14.8 Å². The minimum atomic E-state index is -0.564. The van der Waals surface area contributed by atoms with Crippen LogP contribution < -0.4 is 5.73 Å². The molecule has 5 nitrogen and oxygen atoms in total. The van der Waals surface area contributed by atoms with Crippen molar-refractivity contribution in [3.05, 3.63) is 41.3 Å². The second-order valence-corrected chi connectivity index (χ2v) is 4.15. The van der Waals surface area contributed by atoms with Crippen LogP contribution in [0.15, 0.2) is 24.5 Å². The maximum atomic E-state index is 10.1. The molecule has 3 N–H and O–H groups in total. The monoisotopic (exact) mass is 232 g/mol. The molecule has 1 atom stereocenters. The number of nitrogens with two attached hydrogens (primary N) is 1. The lowest BCUT2D eigenvalue weighted by Gasteiger charge is -2.09. The van der Waals surface area contributed by atoms with E-state index in [9.17, 15) is 5.11 Å². The highest BCUT2D eigenvalue weighted by Crippen LogP contribution is 2.20. The third-order valence-electron chi connectivity index (χ3n) is 2.68. The van der Waals surface area contributed by atoms with Crippen LogP contribution >= 0.6 is 0 Å². The number of pyridine rings is 1. The predicted molar refractivity (Wildman–Crippen MR) is 65.3 cm³/mol. The number of anilines is 1. The van der Waals surface area contributed by atoms with Crippen molar-refractivity contribution in [3.63, 3.8) is 0 Å². The molecule has 2 aromatic heterocycles. The largest absolute Gasteiger partial charge is 0.388 e. The van der Waals surface area contributed by atoms with E-state index in [1.807, 2.05) is 26.2 Å². The van der Waals surface area contributed by atoms with Gasteiger partial charge in [-0.3, -0.25) is 4.68 Å². The molecule has 0 aromatic carbocycles. The van der Waals surface area contributed by atoms with E-state index in [-0.39, 0.29) is 0 Å². The van der Waals surface area contributed by atoms with E-state index in [1.54, 1.807) is 16.9 Å². The van der Waals surface area contributed by atoms with Crippen molar-refractivity contribution >= 4 is 5.82 Å². The van der Waals surface area contributed by atoms with Crippen molar-refractivity contribution in [1.29, 1.82) is 0 Å². The van der Waals surface area contributed by atoms with E-state index in [2.05, 4.69) is 10.1 Å². The molecule has 0 saturated carbocycles. The minimum absolute atomic E-state index is 0.470. The fourth-order valence-electron chi connectivity index (χ4n) is 1.90. The van der Waals surface area contributed by atoms with Crippen molar-refractivity contribution in [3.8, 4) is 0 Å². The molecular weight excluding hydrogens is 216 g/mol. The molecule has 2 aromatic rings. The van der Waals surface area contributed by atoms with Gasteiger partial charge in [-0.25, -0.2) is 4.98 Å². The highest BCUT2D eigenvalue weighted by molar-refractivity contribution is 5.33. The summed E-state index contributed by atoms with van der Waals surface area (Å²) in [4.78, 5) is 3.92. The Bertz CT molecular complexity index is 521. The zero-order valence-corrected chi connectivity index (χ0v) is 9.96. The summed E-state index contributed by atoms with van der Waals surface area (Å²) in [6.07, 6.45) is 3.43. The van der Waals surface area contributed by atoms with Crippen LogP contribution in [0.2, 0.25) is 0 Å². The summed E-state index contributed by atoms with van der Waals surface area (Å²) in [5.41, 5.74) is 8.26. The number of aliphatic hydroxyl groups excluding tert-OH is 1. The van der Waals surface area contributed by atoms with Gasteiger partial charge in [0.05, 0.1) is 11.8 Å². The number of aromatic nitrogens is 3. The number of nitrogens with zero attached hydrogens (tertiary/aromatic N) is 3. The molecule has 5 heteroatoms. The van der Waals surface area contributed by atoms with Crippen LogP contribution in [0.1, 0.15) is 22.9 Å². The van der Waals surface area contributed by atoms with Gasteiger partial charge in [0.25, 0.3) is 0 Å². The van der Waals surface area contributed by atoms with Gasteiger partial charge in [-0.2, -0.15) is 5.10 Å². The van der Waals surface area contributed by atoms with Gasteiger partial charge in [-0.1, -0.05) is 0 Å². The summed E-state index contributed by atoms with van der Waals surface area (Å²) in [6.45, 7) is 1.89. The fourth-order valence-corrected chi connectivity index (χ4v) is 1.90. The van der Waals surface area contributed by atoms with Gasteiger partial charge < -0.3 is 10.8 Å². The van der Waals surface area contributed by atoms with Gasteiger partial charge in [-0.05, 0) is 24.6 Å². The highest BCUT2D eigenvalue weighted by atomic mass is 16.3. The van der Waals surface area contributed by atoms with E-state index in [4.69, 9.17) is 5.73 Å². The van der Waals surface area contributed by atoms with Crippen LogP contribution in [0, 0.1) is 6.92 Å². The molecule has 2 rings (SSSR count). The van der Waals surface area contributed by atoms with Crippen LogP contribution in [0.3, 0.4) is 0 Å². The van der Waals surface area contributed by atoms with Gasteiger partial charge >= 0.3 is 0 Å². The third kappa shape index (κ3) is 2.62. The molecule has 0 aliphatic heterocycles.